The van der Waals surface area contributed by atoms with Crippen molar-refractivity contribution in [3.63, 3.8) is 0 Å². The van der Waals surface area contributed by atoms with Gasteiger partial charge >= 0.3 is 5.97 Å². The molecule has 29 heavy (non-hydrogen) atoms. The zero-order valence-electron chi connectivity index (χ0n) is 16.6. The lowest BCUT2D eigenvalue weighted by atomic mass is 10.1. The summed E-state index contributed by atoms with van der Waals surface area (Å²) in [6, 6.07) is 15.6. The highest BCUT2D eigenvalue weighted by atomic mass is 32.1. The predicted molar refractivity (Wildman–Crippen MR) is 113 cm³/mol. The molecule has 1 heterocycles. The first-order chi connectivity index (χ1) is 14.1. The van der Waals surface area contributed by atoms with Gasteiger partial charge in [-0.3, -0.25) is 9.59 Å². The summed E-state index contributed by atoms with van der Waals surface area (Å²) in [6.45, 7) is 2.90. The molecule has 3 rings (SSSR count). The number of carbonyl (C=O) groups is 2. The minimum atomic E-state index is -0.302. The number of benzene rings is 2. The van der Waals surface area contributed by atoms with Crippen molar-refractivity contribution in [3.05, 3.63) is 58.9 Å². The number of aryl methyl sites for hydroxylation is 2. The molecule has 0 fully saturated rings. The van der Waals surface area contributed by atoms with Gasteiger partial charge in [0.2, 0.25) is 5.91 Å². The molecule has 0 saturated heterocycles. The first-order valence-electron chi connectivity index (χ1n) is 9.55. The van der Waals surface area contributed by atoms with Gasteiger partial charge in [-0.15, -0.1) is 0 Å². The Hall–Kier alpha value is -2.93. The van der Waals surface area contributed by atoms with Gasteiger partial charge in [-0.05, 0) is 37.1 Å². The van der Waals surface area contributed by atoms with Gasteiger partial charge < -0.3 is 14.0 Å². The van der Waals surface area contributed by atoms with E-state index in [1.165, 1.54) is 18.4 Å². The Balaban J connectivity index is 1.89. The van der Waals surface area contributed by atoms with E-state index in [4.69, 9.17) is 9.47 Å². The topological polar surface area (TPSA) is 69.9 Å². The van der Waals surface area contributed by atoms with Crippen molar-refractivity contribution in [2.75, 3.05) is 13.7 Å². The summed E-state index contributed by atoms with van der Waals surface area (Å²) >= 11 is 1.42. The van der Waals surface area contributed by atoms with Crippen LogP contribution in [0.3, 0.4) is 0 Å². The van der Waals surface area contributed by atoms with E-state index in [2.05, 4.69) is 4.99 Å². The fourth-order valence-corrected chi connectivity index (χ4v) is 4.08. The number of amides is 1. The molecular formula is C22H24N2O4S. The molecule has 0 aliphatic carbocycles. The Morgan fingerprint density at radius 1 is 1.10 bits per heavy atom. The summed E-state index contributed by atoms with van der Waals surface area (Å²) in [6.07, 6.45) is 1.19. The normalized spacial score (nSPS) is 11.6. The molecular weight excluding hydrogens is 388 g/mol. The van der Waals surface area contributed by atoms with Gasteiger partial charge in [0.05, 0.1) is 30.4 Å². The maximum atomic E-state index is 12.5. The first-order valence-corrected chi connectivity index (χ1v) is 10.4. The Morgan fingerprint density at radius 2 is 1.90 bits per heavy atom. The summed E-state index contributed by atoms with van der Waals surface area (Å²) in [7, 11) is 1.37. The third-order valence-corrected chi connectivity index (χ3v) is 5.46. The summed E-state index contributed by atoms with van der Waals surface area (Å²) in [5.74, 6) is 0.282. The van der Waals surface area contributed by atoms with Crippen LogP contribution in [-0.4, -0.2) is 30.2 Å². The van der Waals surface area contributed by atoms with E-state index >= 15 is 0 Å². The lowest BCUT2D eigenvalue weighted by molar-refractivity contribution is -0.140. The molecule has 0 spiro atoms. The van der Waals surface area contributed by atoms with Crippen LogP contribution in [0.1, 0.15) is 25.3 Å². The molecule has 0 radical (unpaired) electrons. The number of ether oxygens (including phenoxy) is 2. The first kappa shape index (κ1) is 20.8. The minimum Gasteiger partial charge on any atom is -0.494 e. The third-order valence-electron chi connectivity index (χ3n) is 4.42. The van der Waals surface area contributed by atoms with Crippen LogP contribution in [-0.2, 0) is 27.3 Å². The smallest absolute Gasteiger partial charge is 0.307 e. The summed E-state index contributed by atoms with van der Waals surface area (Å²) in [4.78, 5) is 29.0. The average molecular weight is 413 g/mol. The second-order valence-electron chi connectivity index (χ2n) is 6.42. The van der Waals surface area contributed by atoms with Crippen molar-refractivity contribution < 1.29 is 19.1 Å². The standard InChI is InChI=1S/C22H24N2O4S/c1-3-28-17-10-11-18-19(15-17)29-22(24(18)14-13-21(26)27-2)23-20(25)12-9-16-7-5-4-6-8-16/h4-8,10-11,15H,3,9,12-14H2,1-2H3. The van der Waals surface area contributed by atoms with E-state index in [0.29, 0.717) is 30.8 Å². The molecule has 0 aliphatic heterocycles. The number of fused-ring (bicyclic) bond motifs is 1. The SMILES string of the molecule is CCOc1ccc2c(c1)sc(=NC(=O)CCc1ccccc1)n2CCC(=O)OC. The maximum Gasteiger partial charge on any atom is 0.307 e. The van der Waals surface area contributed by atoms with Crippen LogP contribution in [0.4, 0.5) is 0 Å². The monoisotopic (exact) mass is 412 g/mol. The largest absolute Gasteiger partial charge is 0.494 e. The average Bonchev–Trinajstić information content (AvgIpc) is 3.07. The number of aromatic nitrogens is 1. The summed E-state index contributed by atoms with van der Waals surface area (Å²) in [5, 5.41) is 0. The molecule has 152 valence electrons. The quantitative estimate of drug-likeness (QED) is 0.529. The minimum absolute atomic E-state index is 0.183. The maximum absolute atomic E-state index is 12.5. The second-order valence-corrected chi connectivity index (χ2v) is 7.43. The highest BCUT2D eigenvalue weighted by Gasteiger charge is 2.11. The van der Waals surface area contributed by atoms with Gasteiger partial charge in [-0.1, -0.05) is 41.7 Å². The fourth-order valence-electron chi connectivity index (χ4n) is 2.98. The zero-order chi connectivity index (χ0) is 20.6. The van der Waals surface area contributed by atoms with Gasteiger partial charge in [0, 0.05) is 13.0 Å². The number of hydrogen-bond acceptors (Lipinski definition) is 5. The molecule has 2 aromatic carbocycles. The third kappa shape index (κ3) is 5.54. The zero-order valence-corrected chi connectivity index (χ0v) is 17.4. The lowest BCUT2D eigenvalue weighted by Gasteiger charge is -2.06. The van der Waals surface area contributed by atoms with Crippen molar-refractivity contribution >= 4 is 33.4 Å². The van der Waals surface area contributed by atoms with Crippen molar-refractivity contribution in [1.82, 2.24) is 4.57 Å². The van der Waals surface area contributed by atoms with Gasteiger partial charge in [-0.2, -0.15) is 4.99 Å². The van der Waals surface area contributed by atoms with Crippen molar-refractivity contribution in [1.29, 1.82) is 0 Å². The molecule has 0 atom stereocenters. The van der Waals surface area contributed by atoms with E-state index in [1.807, 2.05) is 60.0 Å². The predicted octanol–water partition coefficient (Wildman–Crippen LogP) is 3.72. The molecule has 6 nitrogen and oxygen atoms in total. The van der Waals surface area contributed by atoms with Crippen molar-refractivity contribution in [2.24, 2.45) is 4.99 Å². The van der Waals surface area contributed by atoms with Gasteiger partial charge in [0.1, 0.15) is 5.75 Å². The van der Waals surface area contributed by atoms with Crippen LogP contribution < -0.4 is 9.54 Å². The van der Waals surface area contributed by atoms with Gasteiger partial charge in [0.25, 0.3) is 0 Å². The van der Waals surface area contributed by atoms with Crippen LogP contribution >= 0.6 is 11.3 Å². The molecule has 1 aromatic heterocycles. The molecule has 0 saturated carbocycles. The van der Waals surface area contributed by atoms with Crippen LogP contribution in [0.5, 0.6) is 5.75 Å². The van der Waals surface area contributed by atoms with E-state index in [1.54, 1.807) is 0 Å². The number of thiazole rings is 1. The Morgan fingerprint density at radius 3 is 2.62 bits per heavy atom. The molecule has 1 amide bonds. The van der Waals surface area contributed by atoms with E-state index in [0.717, 1.165) is 21.5 Å². The molecule has 3 aromatic rings. The number of methoxy groups -OCH3 is 1. The van der Waals surface area contributed by atoms with E-state index in [9.17, 15) is 9.59 Å². The highest BCUT2D eigenvalue weighted by molar-refractivity contribution is 7.16. The lowest BCUT2D eigenvalue weighted by Crippen LogP contribution is -2.19. The summed E-state index contributed by atoms with van der Waals surface area (Å²) < 4.78 is 13.2. The highest BCUT2D eigenvalue weighted by Crippen LogP contribution is 2.23. The van der Waals surface area contributed by atoms with Gasteiger partial charge in [-0.25, -0.2) is 0 Å². The Labute approximate surface area is 173 Å². The number of rotatable bonds is 8. The van der Waals surface area contributed by atoms with E-state index < -0.39 is 0 Å². The van der Waals surface area contributed by atoms with E-state index in [-0.39, 0.29) is 18.3 Å². The van der Waals surface area contributed by atoms with Crippen molar-refractivity contribution in [3.8, 4) is 5.75 Å². The molecule has 7 heteroatoms. The number of esters is 1. The number of hydrogen-bond donors (Lipinski definition) is 0. The molecule has 0 unspecified atom stereocenters. The Kier molecular flexibility index (Phi) is 7.19. The molecule has 0 N–H and O–H groups in total. The fraction of sp³-hybridized carbons (Fsp3) is 0.318. The van der Waals surface area contributed by atoms with Crippen LogP contribution in [0.2, 0.25) is 0 Å². The van der Waals surface area contributed by atoms with Crippen LogP contribution in [0.15, 0.2) is 53.5 Å². The molecule has 0 bridgehead atoms. The summed E-state index contributed by atoms with van der Waals surface area (Å²) in [5.41, 5.74) is 2.02. The van der Waals surface area contributed by atoms with Gasteiger partial charge in [0.15, 0.2) is 4.80 Å². The van der Waals surface area contributed by atoms with Crippen LogP contribution in [0.25, 0.3) is 10.2 Å². The molecule has 0 aliphatic rings. The van der Waals surface area contributed by atoms with Crippen LogP contribution in [0, 0.1) is 0 Å². The van der Waals surface area contributed by atoms with Crippen molar-refractivity contribution in [2.45, 2.75) is 32.7 Å². The second kappa shape index (κ2) is 10.0. The number of nitrogens with zero attached hydrogens (tertiary/aromatic N) is 2. The Bertz CT molecular complexity index is 1050. The number of carbonyl (C=O) groups excluding carboxylic acids is 2.